The van der Waals surface area contributed by atoms with E-state index >= 15 is 0 Å². The Morgan fingerprint density at radius 2 is 1.97 bits per heavy atom. The number of hydrogen-bond acceptors (Lipinski definition) is 3. The lowest BCUT2D eigenvalue weighted by atomic mass is 9.96. The van der Waals surface area contributed by atoms with Crippen molar-refractivity contribution in [1.82, 2.24) is 14.8 Å². The zero-order valence-electron chi connectivity index (χ0n) is 17.0. The van der Waals surface area contributed by atoms with Crippen LogP contribution in [0.15, 0.2) is 42.6 Å². The van der Waals surface area contributed by atoms with E-state index in [4.69, 9.17) is 0 Å². The molecule has 0 saturated carbocycles. The molecule has 1 N–H and O–H groups in total. The number of aryl methyl sites for hydroxylation is 1. The van der Waals surface area contributed by atoms with Gasteiger partial charge in [-0.2, -0.15) is 31.4 Å². The van der Waals surface area contributed by atoms with Gasteiger partial charge in [0.25, 0.3) is 0 Å². The first-order chi connectivity index (χ1) is 14.4. The Balaban J connectivity index is 1.96. The lowest BCUT2D eigenvalue weighted by Gasteiger charge is -2.26. The van der Waals surface area contributed by atoms with Crippen LogP contribution in [0.5, 0.6) is 0 Å². The summed E-state index contributed by atoms with van der Waals surface area (Å²) in [5, 5.41) is 7.28. The van der Waals surface area contributed by atoms with Gasteiger partial charge in [-0.25, -0.2) is 4.98 Å². The standard InChI is InChI=1S/C21H22F6N4/c1-12(2)14(10-13(3)20(22,23)24)17-11-18-16(7-5-9-31(18)30-17)29-19-15(21(25,26)27)6-4-8-28-19/h4,6,8,10-12,16H,3,5,7,9H2,1-2H3,(H,28,29)/b14-10+. The van der Waals surface area contributed by atoms with Crippen LogP contribution >= 0.6 is 0 Å². The van der Waals surface area contributed by atoms with Crippen molar-refractivity contribution in [3.05, 3.63) is 59.6 Å². The molecular formula is C21H22F6N4. The van der Waals surface area contributed by atoms with Gasteiger partial charge in [0.05, 0.1) is 23.0 Å². The van der Waals surface area contributed by atoms with Gasteiger partial charge in [0, 0.05) is 18.3 Å². The average Bonchev–Trinajstić information content (AvgIpc) is 3.09. The molecule has 31 heavy (non-hydrogen) atoms. The van der Waals surface area contributed by atoms with Crippen molar-refractivity contribution in [2.75, 3.05) is 5.32 Å². The lowest BCUT2D eigenvalue weighted by Crippen LogP contribution is -2.23. The maximum absolute atomic E-state index is 13.3. The summed E-state index contributed by atoms with van der Waals surface area (Å²) in [7, 11) is 0. The SMILES string of the molecule is C=C(/C=C(/c1cc2n(n1)CCCC2Nc1ncccc1C(F)(F)F)C(C)C)C(F)(F)F. The van der Waals surface area contributed by atoms with Crippen molar-refractivity contribution in [2.45, 2.75) is 51.6 Å². The molecule has 2 aromatic heterocycles. The van der Waals surface area contributed by atoms with Crippen LogP contribution in [0, 0.1) is 5.92 Å². The molecule has 0 saturated heterocycles. The molecule has 1 unspecified atom stereocenters. The Hall–Kier alpha value is -2.78. The summed E-state index contributed by atoms with van der Waals surface area (Å²) < 4.78 is 80.5. The van der Waals surface area contributed by atoms with Crippen molar-refractivity contribution >= 4 is 11.4 Å². The fourth-order valence-corrected chi connectivity index (χ4v) is 3.49. The van der Waals surface area contributed by atoms with Crippen LogP contribution in [-0.4, -0.2) is 20.9 Å². The van der Waals surface area contributed by atoms with Crippen LogP contribution in [0.3, 0.4) is 0 Å². The topological polar surface area (TPSA) is 42.7 Å². The largest absolute Gasteiger partial charge is 0.419 e. The summed E-state index contributed by atoms with van der Waals surface area (Å²) in [6.45, 7) is 7.10. The summed E-state index contributed by atoms with van der Waals surface area (Å²) in [4.78, 5) is 3.84. The number of pyridine rings is 1. The molecule has 4 nitrogen and oxygen atoms in total. The number of hydrogen-bond donors (Lipinski definition) is 1. The van der Waals surface area contributed by atoms with Crippen LogP contribution in [0.25, 0.3) is 5.57 Å². The molecule has 0 fully saturated rings. The van der Waals surface area contributed by atoms with Gasteiger partial charge >= 0.3 is 12.4 Å². The quantitative estimate of drug-likeness (QED) is 0.429. The van der Waals surface area contributed by atoms with E-state index < -0.39 is 29.5 Å². The summed E-state index contributed by atoms with van der Waals surface area (Å²) in [5.74, 6) is -0.559. The third-order valence-electron chi connectivity index (χ3n) is 5.07. The molecule has 168 valence electrons. The van der Waals surface area contributed by atoms with Crippen LogP contribution < -0.4 is 5.32 Å². The Labute approximate surface area is 175 Å². The first kappa shape index (κ1) is 22.9. The van der Waals surface area contributed by atoms with E-state index in [1.54, 1.807) is 24.6 Å². The molecule has 3 heterocycles. The van der Waals surface area contributed by atoms with Gasteiger partial charge in [-0.05, 0) is 48.6 Å². The maximum atomic E-state index is 13.3. The average molecular weight is 444 g/mol. The van der Waals surface area contributed by atoms with E-state index in [0.29, 0.717) is 36.3 Å². The summed E-state index contributed by atoms with van der Waals surface area (Å²) in [6.07, 6.45) is -5.70. The number of nitrogens with one attached hydrogen (secondary N) is 1. The summed E-state index contributed by atoms with van der Waals surface area (Å²) >= 11 is 0. The molecular weight excluding hydrogens is 422 g/mol. The molecule has 0 bridgehead atoms. The normalized spacial score (nSPS) is 17.6. The minimum absolute atomic E-state index is 0.268. The zero-order valence-corrected chi connectivity index (χ0v) is 17.0. The van der Waals surface area contributed by atoms with E-state index in [9.17, 15) is 26.3 Å². The van der Waals surface area contributed by atoms with E-state index in [1.807, 2.05) is 0 Å². The zero-order chi connectivity index (χ0) is 23.0. The van der Waals surface area contributed by atoms with Gasteiger partial charge in [-0.1, -0.05) is 20.4 Å². The second-order valence-electron chi connectivity index (χ2n) is 7.69. The number of allylic oxidation sites excluding steroid dienone is 3. The molecule has 0 radical (unpaired) electrons. The van der Waals surface area contributed by atoms with E-state index in [2.05, 4.69) is 22.0 Å². The Kier molecular flexibility index (Phi) is 6.20. The van der Waals surface area contributed by atoms with E-state index in [1.165, 1.54) is 12.3 Å². The van der Waals surface area contributed by atoms with Crippen molar-refractivity contribution in [3.63, 3.8) is 0 Å². The van der Waals surface area contributed by atoms with E-state index in [0.717, 1.165) is 12.1 Å². The first-order valence-electron chi connectivity index (χ1n) is 9.72. The van der Waals surface area contributed by atoms with Crippen LogP contribution in [0.1, 0.15) is 49.7 Å². The second-order valence-corrected chi connectivity index (χ2v) is 7.69. The molecule has 0 aromatic carbocycles. The number of rotatable bonds is 5. The number of halogens is 6. The Morgan fingerprint density at radius 3 is 2.58 bits per heavy atom. The number of aromatic nitrogens is 3. The van der Waals surface area contributed by atoms with Gasteiger partial charge in [0.2, 0.25) is 0 Å². The molecule has 3 rings (SSSR count). The van der Waals surface area contributed by atoms with Gasteiger partial charge in [0.15, 0.2) is 0 Å². The first-order valence-corrected chi connectivity index (χ1v) is 9.72. The van der Waals surface area contributed by atoms with Gasteiger partial charge in [0.1, 0.15) is 5.82 Å². The highest BCUT2D eigenvalue weighted by molar-refractivity contribution is 5.67. The van der Waals surface area contributed by atoms with Gasteiger partial charge < -0.3 is 5.32 Å². The third-order valence-corrected chi connectivity index (χ3v) is 5.07. The van der Waals surface area contributed by atoms with Gasteiger partial charge in [-0.15, -0.1) is 0 Å². The molecule has 1 atom stereocenters. The Bertz CT molecular complexity index is 984. The summed E-state index contributed by atoms with van der Waals surface area (Å²) in [5.41, 5.74) is -0.557. The van der Waals surface area contributed by atoms with Gasteiger partial charge in [-0.3, -0.25) is 4.68 Å². The smallest absolute Gasteiger partial charge is 0.361 e. The third kappa shape index (κ3) is 5.11. The fourth-order valence-electron chi connectivity index (χ4n) is 3.49. The molecule has 1 aliphatic heterocycles. The van der Waals surface area contributed by atoms with Crippen molar-refractivity contribution in [1.29, 1.82) is 0 Å². The highest BCUT2D eigenvalue weighted by Crippen LogP contribution is 2.38. The van der Waals surface area contributed by atoms with Crippen molar-refractivity contribution < 1.29 is 26.3 Å². The predicted octanol–water partition coefficient (Wildman–Crippen LogP) is 6.40. The van der Waals surface area contributed by atoms with E-state index in [-0.39, 0.29) is 11.7 Å². The highest BCUT2D eigenvalue weighted by atomic mass is 19.4. The minimum Gasteiger partial charge on any atom is -0.361 e. The van der Waals surface area contributed by atoms with Crippen LogP contribution in [0.2, 0.25) is 0 Å². The number of fused-ring (bicyclic) bond motifs is 1. The molecule has 0 amide bonds. The molecule has 2 aromatic rings. The van der Waals surface area contributed by atoms with Crippen LogP contribution in [0.4, 0.5) is 32.2 Å². The monoisotopic (exact) mass is 444 g/mol. The predicted molar refractivity (Wildman–Crippen MR) is 105 cm³/mol. The Morgan fingerprint density at radius 1 is 1.26 bits per heavy atom. The number of anilines is 1. The van der Waals surface area contributed by atoms with Crippen molar-refractivity contribution in [3.8, 4) is 0 Å². The van der Waals surface area contributed by atoms with Crippen molar-refractivity contribution in [2.24, 2.45) is 5.92 Å². The fraction of sp³-hybridized carbons (Fsp3) is 0.429. The van der Waals surface area contributed by atoms with Crippen LogP contribution in [-0.2, 0) is 12.7 Å². The minimum atomic E-state index is -4.57. The second kappa shape index (κ2) is 8.39. The number of nitrogens with zero attached hydrogens (tertiary/aromatic N) is 3. The number of alkyl halides is 6. The molecule has 1 aliphatic rings. The maximum Gasteiger partial charge on any atom is 0.419 e. The highest BCUT2D eigenvalue weighted by Gasteiger charge is 2.36. The summed E-state index contributed by atoms with van der Waals surface area (Å²) in [6, 6.07) is 3.28. The molecule has 10 heteroatoms. The lowest BCUT2D eigenvalue weighted by molar-refractivity contribution is -0.137. The molecule has 0 spiro atoms. The molecule has 0 aliphatic carbocycles.